The van der Waals surface area contributed by atoms with E-state index in [1.54, 1.807) is 6.07 Å². The van der Waals surface area contributed by atoms with Gasteiger partial charge in [-0.15, -0.1) is 11.3 Å². The van der Waals surface area contributed by atoms with Crippen LogP contribution in [0.15, 0.2) is 37.0 Å². The monoisotopic (exact) mass is 458 g/mol. The fraction of sp³-hybridized carbons (Fsp3) is 0.0909. The first-order chi connectivity index (χ1) is 7.99. The molecule has 6 heteroatoms. The normalized spacial score (nSPS) is 12.8. The van der Waals surface area contributed by atoms with Crippen LogP contribution < -0.4 is 0 Å². The molecule has 0 spiro atoms. The largest absolute Gasteiger partial charge is 0.383 e. The lowest BCUT2D eigenvalue weighted by Gasteiger charge is -2.11. The highest BCUT2D eigenvalue weighted by atomic mass is 79.9. The van der Waals surface area contributed by atoms with Gasteiger partial charge in [0, 0.05) is 24.4 Å². The van der Waals surface area contributed by atoms with Gasteiger partial charge in [-0.3, -0.25) is 0 Å². The Morgan fingerprint density at radius 1 is 1.18 bits per heavy atom. The van der Waals surface area contributed by atoms with Crippen LogP contribution in [-0.4, -0.2) is 5.11 Å². The first-order valence-corrected chi connectivity index (χ1v) is 8.14. The summed E-state index contributed by atoms with van der Waals surface area (Å²) in [7, 11) is 0. The van der Waals surface area contributed by atoms with Gasteiger partial charge in [0.1, 0.15) is 6.10 Å². The second-order valence-electron chi connectivity index (χ2n) is 3.34. The number of rotatable bonds is 2. The maximum atomic E-state index is 10.3. The van der Waals surface area contributed by atoms with E-state index in [1.807, 2.05) is 18.2 Å². The highest BCUT2D eigenvalue weighted by Gasteiger charge is 2.17. The van der Waals surface area contributed by atoms with Gasteiger partial charge in [-0.05, 0) is 50.1 Å². The summed E-state index contributed by atoms with van der Waals surface area (Å²) in [5.41, 5.74) is 0.705. The number of benzene rings is 1. The maximum absolute atomic E-state index is 10.3. The SMILES string of the molecule is OC(c1cc(Br)c(Br)s1)c1ccc(Br)cc1Cl. The third-order valence-electron chi connectivity index (χ3n) is 2.19. The van der Waals surface area contributed by atoms with E-state index in [-0.39, 0.29) is 0 Å². The van der Waals surface area contributed by atoms with Gasteiger partial charge in [-0.2, -0.15) is 0 Å². The van der Waals surface area contributed by atoms with Gasteiger partial charge in [0.05, 0.1) is 3.79 Å². The van der Waals surface area contributed by atoms with Crippen molar-refractivity contribution in [3.8, 4) is 0 Å². The average Bonchev–Trinajstić information content (AvgIpc) is 2.58. The van der Waals surface area contributed by atoms with E-state index in [0.29, 0.717) is 10.6 Å². The lowest BCUT2D eigenvalue weighted by molar-refractivity contribution is 0.224. The Kier molecular flexibility index (Phi) is 4.72. The van der Waals surface area contributed by atoms with Crippen molar-refractivity contribution in [2.24, 2.45) is 0 Å². The number of hydrogen-bond donors (Lipinski definition) is 1. The van der Waals surface area contributed by atoms with E-state index in [2.05, 4.69) is 47.8 Å². The molecule has 0 saturated carbocycles. The van der Waals surface area contributed by atoms with Crippen molar-refractivity contribution < 1.29 is 5.11 Å². The summed E-state index contributed by atoms with van der Waals surface area (Å²) in [4.78, 5) is 0.841. The van der Waals surface area contributed by atoms with E-state index in [4.69, 9.17) is 11.6 Å². The van der Waals surface area contributed by atoms with Gasteiger partial charge in [0.15, 0.2) is 0 Å². The molecular weight excluding hydrogens is 455 g/mol. The molecule has 0 saturated heterocycles. The minimum absolute atomic E-state index is 0.549. The highest BCUT2D eigenvalue weighted by molar-refractivity contribution is 9.13. The molecule has 0 aliphatic carbocycles. The van der Waals surface area contributed by atoms with Gasteiger partial charge in [-0.25, -0.2) is 0 Å². The maximum Gasteiger partial charge on any atom is 0.115 e. The molecule has 1 unspecified atom stereocenters. The van der Waals surface area contributed by atoms with Gasteiger partial charge in [0.25, 0.3) is 0 Å². The summed E-state index contributed by atoms with van der Waals surface area (Å²) in [6.07, 6.45) is -0.705. The minimum Gasteiger partial charge on any atom is -0.383 e. The van der Waals surface area contributed by atoms with Gasteiger partial charge < -0.3 is 5.11 Å². The fourth-order valence-corrected chi connectivity index (χ4v) is 4.25. The zero-order valence-electron chi connectivity index (χ0n) is 8.25. The van der Waals surface area contributed by atoms with Gasteiger partial charge >= 0.3 is 0 Å². The van der Waals surface area contributed by atoms with Crippen molar-refractivity contribution in [1.82, 2.24) is 0 Å². The Morgan fingerprint density at radius 2 is 1.88 bits per heavy atom. The van der Waals surface area contributed by atoms with Crippen molar-refractivity contribution in [2.45, 2.75) is 6.10 Å². The van der Waals surface area contributed by atoms with Gasteiger partial charge in [-0.1, -0.05) is 33.6 Å². The second-order valence-corrected chi connectivity index (χ2v) is 7.92. The smallest absolute Gasteiger partial charge is 0.115 e. The van der Waals surface area contributed by atoms with Crippen LogP contribution in [0.2, 0.25) is 5.02 Å². The van der Waals surface area contributed by atoms with Gasteiger partial charge in [0.2, 0.25) is 0 Å². The van der Waals surface area contributed by atoms with Crippen LogP contribution in [0.1, 0.15) is 16.5 Å². The molecule has 0 aliphatic heterocycles. The Labute approximate surface area is 133 Å². The van der Waals surface area contributed by atoms with Crippen LogP contribution in [0.3, 0.4) is 0 Å². The van der Waals surface area contributed by atoms with Crippen LogP contribution in [0.5, 0.6) is 0 Å². The minimum atomic E-state index is -0.705. The van der Waals surface area contributed by atoms with E-state index >= 15 is 0 Å². The number of aliphatic hydroxyl groups excluding tert-OH is 1. The topological polar surface area (TPSA) is 20.2 Å². The lowest BCUT2D eigenvalue weighted by Crippen LogP contribution is -1.97. The molecule has 0 fully saturated rings. The van der Waals surface area contributed by atoms with Crippen molar-refractivity contribution in [1.29, 1.82) is 0 Å². The molecule has 1 N–H and O–H groups in total. The van der Waals surface area contributed by atoms with Crippen LogP contribution in [0.4, 0.5) is 0 Å². The predicted molar refractivity (Wildman–Crippen MR) is 82.9 cm³/mol. The standard InChI is InChI=1S/C11H6Br3ClOS/c12-5-1-2-6(8(15)3-5)10(16)9-4-7(13)11(14)17-9/h1-4,10,16H. The number of aliphatic hydroxyl groups is 1. The fourth-order valence-electron chi connectivity index (χ4n) is 1.37. The highest BCUT2D eigenvalue weighted by Crippen LogP contribution is 2.39. The Bertz CT molecular complexity index is 536. The van der Waals surface area contributed by atoms with Crippen LogP contribution in [-0.2, 0) is 0 Å². The molecule has 1 aromatic carbocycles. The molecule has 1 heterocycles. The molecule has 2 aromatic rings. The molecular formula is C11H6Br3ClOS. The Balaban J connectivity index is 2.39. The van der Waals surface area contributed by atoms with E-state index in [1.165, 1.54) is 11.3 Å². The molecule has 17 heavy (non-hydrogen) atoms. The third-order valence-corrected chi connectivity index (χ3v) is 6.32. The lowest BCUT2D eigenvalue weighted by atomic mass is 10.1. The number of hydrogen-bond acceptors (Lipinski definition) is 2. The zero-order chi connectivity index (χ0) is 12.6. The van der Waals surface area contributed by atoms with Crippen LogP contribution >= 0.6 is 70.7 Å². The zero-order valence-corrected chi connectivity index (χ0v) is 14.6. The van der Waals surface area contributed by atoms with Crippen LogP contribution in [0, 0.1) is 0 Å². The molecule has 1 aromatic heterocycles. The van der Waals surface area contributed by atoms with E-state index in [0.717, 1.165) is 17.6 Å². The summed E-state index contributed by atoms with van der Waals surface area (Å²) >= 11 is 17.7. The van der Waals surface area contributed by atoms with Crippen molar-refractivity contribution in [2.75, 3.05) is 0 Å². The Hall–Kier alpha value is 0.610. The number of thiophene rings is 1. The average molecular weight is 461 g/mol. The third kappa shape index (κ3) is 3.14. The Morgan fingerprint density at radius 3 is 2.41 bits per heavy atom. The molecule has 1 nitrogen and oxygen atoms in total. The molecule has 0 amide bonds. The summed E-state index contributed by atoms with van der Waals surface area (Å²) < 4.78 is 2.79. The summed E-state index contributed by atoms with van der Waals surface area (Å²) in [6, 6.07) is 7.34. The summed E-state index contributed by atoms with van der Waals surface area (Å²) in [5, 5.41) is 10.8. The predicted octanol–water partition coefficient (Wildman–Crippen LogP) is 5.77. The number of halogens is 4. The molecule has 90 valence electrons. The van der Waals surface area contributed by atoms with E-state index < -0.39 is 6.10 Å². The van der Waals surface area contributed by atoms with Crippen molar-refractivity contribution in [3.63, 3.8) is 0 Å². The first-order valence-electron chi connectivity index (χ1n) is 4.57. The molecule has 1 atom stereocenters. The van der Waals surface area contributed by atoms with Crippen LogP contribution in [0.25, 0.3) is 0 Å². The summed E-state index contributed by atoms with van der Waals surface area (Å²) in [5.74, 6) is 0. The summed E-state index contributed by atoms with van der Waals surface area (Å²) in [6.45, 7) is 0. The molecule has 0 aliphatic rings. The molecule has 0 radical (unpaired) electrons. The molecule has 0 bridgehead atoms. The molecule has 2 rings (SSSR count). The first kappa shape index (κ1) is 14.0. The van der Waals surface area contributed by atoms with Crippen molar-refractivity contribution in [3.05, 3.63) is 52.5 Å². The van der Waals surface area contributed by atoms with E-state index in [9.17, 15) is 5.11 Å². The second kappa shape index (κ2) is 5.72. The quantitative estimate of drug-likeness (QED) is 0.602. The van der Waals surface area contributed by atoms with Crippen molar-refractivity contribution >= 4 is 70.7 Å².